The van der Waals surface area contributed by atoms with Crippen molar-refractivity contribution in [1.29, 1.82) is 0 Å². The smallest absolute Gasteiger partial charge is 0.255 e. The summed E-state index contributed by atoms with van der Waals surface area (Å²) in [7, 11) is 0. The second kappa shape index (κ2) is 9.38. The molecule has 0 aliphatic carbocycles. The van der Waals surface area contributed by atoms with E-state index in [-0.39, 0.29) is 24.4 Å². The first-order chi connectivity index (χ1) is 15.1. The van der Waals surface area contributed by atoms with E-state index in [2.05, 4.69) is 30.2 Å². The number of aromatic nitrogens is 1. The molecule has 5 heteroatoms. The van der Waals surface area contributed by atoms with E-state index in [4.69, 9.17) is 0 Å². The molecular weight excluding hydrogens is 386 g/mol. The molecule has 0 saturated heterocycles. The van der Waals surface area contributed by atoms with Gasteiger partial charge in [-0.3, -0.25) is 9.59 Å². The quantitative estimate of drug-likeness (QED) is 0.512. The van der Waals surface area contributed by atoms with Gasteiger partial charge in [0.25, 0.3) is 5.91 Å². The summed E-state index contributed by atoms with van der Waals surface area (Å²) in [6, 6.07) is 15.5. The molecule has 0 spiro atoms. The van der Waals surface area contributed by atoms with Crippen LogP contribution in [0.5, 0.6) is 0 Å². The van der Waals surface area contributed by atoms with Crippen LogP contribution in [-0.2, 0) is 4.79 Å². The Morgan fingerprint density at radius 3 is 2.68 bits per heavy atom. The van der Waals surface area contributed by atoms with Gasteiger partial charge in [-0.25, -0.2) is 0 Å². The summed E-state index contributed by atoms with van der Waals surface area (Å²) in [6.45, 7) is 5.08. The molecule has 0 unspecified atom stereocenters. The minimum absolute atomic E-state index is 0.0574. The predicted octanol–water partition coefficient (Wildman–Crippen LogP) is 5.05. The normalized spacial score (nSPS) is 16.5. The number of unbranched alkanes of at least 4 members (excludes halogenated alkanes) is 1. The lowest BCUT2D eigenvalue weighted by atomic mass is 9.97. The summed E-state index contributed by atoms with van der Waals surface area (Å²) >= 11 is 0. The molecule has 0 radical (unpaired) electrons. The van der Waals surface area contributed by atoms with Gasteiger partial charge in [-0.15, -0.1) is 0 Å². The van der Waals surface area contributed by atoms with Crippen LogP contribution < -0.4 is 5.32 Å². The standard InChI is InChI=1S/C26H31N3O2/c1-3-5-10-18(4-2)15-28-24(30)17-29-25(20-12-6-7-13-21(20)26(29)31)22-16-27-23-14-9-8-11-19(22)23/h6-9,11-14,16,18,25,27H,3-5,10,15,17H2,1-2H3,(H,28,30)/t18-,25+/m1/s1. The predicted molar refractivity (Wildman–Crippen MR) is 124 cm³/mol. The van der Waals surface area contributed by atoms with Gasteiger partial charge in [-0.05, 0) is 30.0 Å². The van der Waals surface area contributed by atoms with Gasteiger partial charge < -0.3 is 15.2 Å². The fourth-order valence-corrected chi connectivity index (χ4v) is 4.60. The highest BCUT2D eigenvalue weighted by molar-refractivity contribution is 6.02. The van der Waals surface area contributed by atoms with E-state index in [0.717, 1.165) is 41.3 Å². The maximum atomic E-state index is 13.2. The largest absolute Gasteiger partial charge is 0.361 e. The Labute approximate surface area is 183 Å². The number of nitrogens with one attached hydrogen (secondary N) is 2. The first kappa shape index (κ1) is 21.2. The highest BCUT2D eigenvalue weighted by Crippen LogP contribution is 2.40. The maximum absolute atomic E-state index is 13.2. The van der Waals surface area contributed by atoms with E-state index in [1.165, 1.54) is 6.42 Å². The van der Waals surface area contributed by atoms with Gasteiger partial charge in [0.15, 0.2) is 0 Å². The number of amides is 2. The number of carbonyl (C=O) groups is 2. The van der Waals surface area contributed by atoms with Crippen LogP contribution in [0, 0.1) is 5.92 Å². The molecule has 1 aliphatic rings. The van der Waals surface area contributed by atoms with Gasteiger partial charge in [-0.1, -0.05) is 69.5 Å². The highest BCUT2D eigenvalue weighted by Gasteiger charge is 2.39. The summed E-state index contributed by atoms with van der Waals surface area (Å²) in [4.78, 5) is 31.1. The molecule has 2 N–H and O–H groups in total. The van der Waals surface area contributed by atoms with E-state index in [0.29, 0.717) is 18.0 Å². The number of carbonyl (C=O) groups excluding carboxylic acids is 2. The van der Waals surface area contributed by atoms with Gasteiger partial charge in [-0.2, -0.15) is 0 Å². The van der Waals surface area contributed by atoms with Crippen molar-refractivity contribution < 1.29 is 9.59 Å². The number of aromatic amines is 1. The molecule has 3 aromatic rings. The third-order valence-electron chi connectivity index (χ3n) is 6.42. The van der Waals surface area contributed by atoms with Crippen LogP contribution in [0.4, 0.5) is 0 Å². The van der Waals surface area contributed by atoms with Crippen molar-refractivity contribution in [3.8, 4) is 0 Å². The Kier molecular flexibility index (Phi) is 6.40. The number of para-hydroxylation sites is 1. The van der Waals surface area contributed by atoms with Crippen LogP contribution in [0.25, 0.3) is 10.9 Å². The molecule has 4 rings (SSSR count). The minimum Gasteiger partial charge on any atom is -0.361 e. The maximum Gasteiger partial charge on any atom is 0.255 e. The van der Waals surface area contributed by atoms with Crippen LogP contribution in [0.1, 0.15) is 67.1 Å². The zero-order valence-electron chi connectivity index (χ0n) is 18.4. The molecule has 5 nitrogen and oxygen atoms in total. The Hall–Kier alpha value is -3.08. The summed E-state index contributed by atoms with van der Waals surface area (Å²) in [5.41, 5.74) is 3.69. The zero-order valence-corrected chi connectivity index (χ0v) is 18.4. The average molecular weight is 418 g/mol. The highest BCUT2D eigenvalue weighted by atomic mass is 16.2. The molecule has 1 aliphatic heterocycles. The number of hydrogen-bond acceptors (Lipinski definition) is 2. The molecule has 31 heavy (non-hydrogen) atoms. The third-order valence-corrected chi connectivity index (χ3v) is 6.42. The van der Waals surface area contributed by atoms with Crippen molar-refractivity contribution >= 4 is 22.7 Å². The average Bonchev–Trinajstić information content (AvgIpc) is 3.33. The number of nitrogens with zero attached hydrogens (tertiary/aromatic N) is 1. The Morgan fingerprint density at radius 2 is 1.87 bits per heavy atom. The SMILES string of the molecule is CCCC[C@@H](CC)CNC(=O)CN1C(=O)c2ccccc2[C@H]1c1c[nH]c2ccccc12. The van der Waals surface area contributed by atoms with Crippen LogP contribution in [0.15, 0.2) is 54.7 Å². The van der Waals surface area contributed by atoms with E-state index in [1.54, 1.807) is 4.90 Å². The van der Waals surface area contributed by atoms with Crippen LogP contribution >= 0.6 is 0 Å². The van der Waals surface area contributed by atoms with Crippen molar-refractivity contribution in [3.63, 3.8) is 0 Å². The lowest BCUT2D eigenvalue weighted by Crippen LogP contribution is -2.41. The molecule has 0 saturated carbocycles. The van der Waals surface area contributed by atoms with Gasteiger partial charge in [0.2, 0.25) is 5.91 Å². The molecule has 2 heterocycles. The van der Waals surface area contributed by atoms with Crippen LogP contribution in [0.3, 0.4) is 0 Å². The summed E-state index contributed by atoms with van der Waals surface area (Å²) in [5, 5.41) is 4.16. The van der Waals surface area contributed by atoms with Crippen molar-refractivity contribution in [2.24, 2.45) is 5.92 Å². The van der Waals surface area contributed by atoms with E-state index in [1.807, 2.05) is 48.7 Å². The Morgan fingerprint density at radius 1 is 1.10 bits per heavy atom. The lowest BCUT2D eigenvalue weighted by molar-refractivity contribution is -0.122. The summed E-state index contributed by atoms with van der Waals surface area (Å²) < 4.78 is 0. The van der Waals surface area contributed by atoms with Gasteiger partial charge in [0, 0.05) is 34.8 Å². The third kappa shape index (κ3) is 4.22. The van der Waals surface area contributed by atoms with Crippen LogP contribution in [-0.4, -0.2) is 34.8 Å². The number of rotatable bonds is 9. The van der Waals surface area contributed by atoms with Crippen molar-refractivity contribution in [2.75, 3.05) is 13.1 Å². The molecule has 2 aromatic carbocycles. The number of fused-ring (bicyclic) bond motifs is 2. The molecule has 2 atom stereocenters. The number of hydrogen-bond donors (Lipinski definition) is 2. The second-order valence-electron chi connectivity index (χ2n) is 8.43. The fourth-order valence-electron chi connectivity index (χ4n) is 4.60. The van der Waals surface area contributed by atoms with Gasteiger partial charge >= 0.3 is 0 Å². The zero-order chi connectivity index (χ0) is 21.8. The summed E-state index contributed by atoms with van der Waals surface area (Å²) in [5.74, 6) is 0.305. The molecule has 162 valence electrons. The molecule has 0 fully saturated rings. The number of benzene rings is 2. The van der Waals surface area contributed by atoms with Gasteiger partial charge in [0.05, 0.1) is 6.04 Å². The first-order valence-electron chi connectivity index (χ1n) is 11.4. The van der Waals surface area contributed by atoms with Crippen molar-refractivity contribution in [2.45, 2.75) is 45.6 Å². The van der Waals surface area contributed by atoms with E-state index < -0.39 is 0 Å². The fraction of sp³-hybridized carbons (Fsp3) is 0.385. The lowest BCUT2D eigenvalue weighted by Gasteiger charge is -2.25. The second-order valence-corrected chi connectivity index (χ2v) is 8.43. The van der Waals surface area contributed by atoms with E-state index >= 15 is 0 Å². The molecule has 0 bridgehead atoms. The molecule has 2 amide bonds. The van der Waals surface area contributed by atoms with E-state index in [9.17, 15) is 9.59 Å². The first-order valence-corrected chi connectivity index (χ1v) is 11.4. The Balaban J connectivity index is 1.57. The summed E-state index contributed by atoms with van der Waals surface area (Å²) in [6.07, 6.45) is 6.48. The number of H-pyrrole nitrogens is 1. The topological polar surface area (TPSA) is 65.2 Å². The Bertz CT molecular complexity index is 1070. The van der Waals surface area contributed by atoms with Gasteiger partial charge in [0.1, 0.15) is 6.54 Å². The monoisotopic (exact) mass is 417 g/mol. The van der Waals surface area contributed by atoms with Crippen molar-refractivity contribution in [3.05, 3.63) is 71.4 Å². The minimum atomic E-state index is -0.271. The van der Waals surface area contributed by atoms with Crippen LogP contribution in [0.2, 0.25) is 0 Å². The molecular formula is C26H31N3O2. The molecule has 1 aromatic heterocycles. The van der Waals surface area contributed by atoms with Crippen molar-refractivity contribution in [1.82, 2.24) is 15.2 Å².